The first kappa shape index (κ1) is 18.2. The number of benzene rings is 1. The Balaban J connectivity index is 1.91. The number of nitrogens with two attached hydrogens (primary N) is 1. The minimum atomic E-state index is 0.0212. The highest BCUT2D eigenvalue weighted by Gasteiger charge is 2.26. The second-order valence-corrected chi connectivity index (χ2v) is 7.44. The van der Waals surface area contributed by atoms with E-state index in [1.54, 1.807) is 6.20 Å². The first-order valence-corrected chi connectivity index (χ1v) is 9.36. The molecular weight excluding hydrogens is 322 g/mol. The lowest BCUT2D eigenvalue weighted by atomic mass is 9.85. The average molecular weight is 351 g/mol. The van der Waals surface area contributed by atoms with E-state index in [2.05, 4.69) is 48.2 Å². The van der Waals surface area contributed by atoms with Gasteiger partial charge in [-0.3, -0.25) is 5.41 Å². The number of aromatic nitrogens is 1. The number of nitrogens with zero attached hydrogens (tertiary/aromatic N) is 2. The summed E-state index contributed by atoms with van der Waals surface area (Å²) in [6, 6.07) is 10.7. The van der Waals surface area contributed by atoms with Gasteiger partial charge in [0.1, 0.15) is 11.7 Å². The Kier molecular flexibility index (Phi) is 5.45. The predicted molar refractivity (Wildman–Crippen MR) is 110 cm³/mol. The molecule has 1 heterocycles. The van der Waals surface area contributed by atoms with E-state index in [0.29, 0.717) is 17.5 Å². The van der Waals surface area contributed by atoms with Gasteiger partial charge in [-0.2, -0.15) is 0 Å². The van der Waals surface area contributed by atoms with E-state index in [1.165, 1.54) is 31.2 Å². The van der Waals surface area contributed by atoms with Crippen molar-refractivity contribution >= 4 is 23.0 Å². The van der Waals surface area contributed by atoms with Gasteiger partial charge < -0.3 is 16.0 Å². The first-order valence-electron chi connectivity index (χ1n) is 9.36. The highest BCUT2D eigenvalue weighted by molar-refractivity contribution is 6.01. The van der Waals surface area contributed by atoms with Crippen LogP contribution in [0, 0.1) is 18.3 Å². The Morgan fingerprint density at radius 1 is 1.27 bits per heavy atom. The molecule has 1 aliphatic carbocycles. The summed E-state index contributed by atoms with van der Waals surface area (Å²) in [5.41, 5.74) is 9.39. The molecule has 0 spiro atoms. The van der Waals surface area contributed by atoms with Gasteiger partial charge in [-0.05, 0) is 43.4 Å². The van der Waals surface area contributed by atoms with Crippen molar-refractivity contribution in [1.29, 1.82) is 5.41 Å². The molecule has 1 aromatic heterocycles. The van der Waals surface area contributed by atoms with Crippen LogP contribution in [0.3, 0.4) is 0 Å². The van der Waals surface area contributed by atoms with Crippen LogP contribution in [-0.4, -0.2) is 23.9 Å². The van der Waals surface area contributed by atoms with Crippen molar-refractivity contribution in [3.63, 3.8) is 0 Å². The number of aryl methyl sites for hydroxylation is 1. The number of anilines is 3. The van der Waals surface area contributed by atoms with Crippen molar-refractivity contribution in [3.05, 3.63) is 47.7 Å². The van der Waals surface area contributed by atoms with Gasteiger partial charge in [0.15, 0.2) is 0 Å². The summed E-state index contributed by atoms with van der Waals surface area (Å²) in [5, 5.41) is 11.3. The number of hydrogen-bond acceptors (Lipinski definition) is 4. The van der Waals surface area contributed by atoms with Gasteiger partial charge in [0.25, 0.3) is 0 Å². The summed E-state index contributed by atoms with van der Waals surface area (Å²) < 4.78 is 0. The summed E-state index contributed by atoms with van der Waals surface area (Å²) in [7, 11) is 2.12. The van der Waals surface area contributed by atoms with Gasteiger partial charge in [0, 0.05) is 31.0 Å². The molecule has 5 heteroatoms. The summed E-state index contributed by atoms with van der Waals surface area (Å²) >= 11 is 0. The molecule has 5 nitrogen and oxygen atoms in total. The molecule has 2 atom stereocenters. The number of nitrogens with one attached hydrogen (secondary N) is 2. The monoisotopic (exact) mass is 351 g/mol. The van der Waals surface area contributed by atoms with Crippen molar-refractivity contribution in [2.75, 3.05) is 17.3 Å². The third kappa shape index (κ3) is 3.98. The molecule has 138 valence electrons. The smallest absolute Gasteiger partial charge is 0.130 e. The largest absolute Gasteiger partial charge is 0.384 e. The lowest BCUT2D eigenvalue weighted by molar-refractivity contribution is 0.320. The number of nitrogen functional groups attached to an aromatic ring is 1. The first-order chi connectivity index (χ1) is 12.5. The Morgan fingerprint density at radius 3 is 2.73 bits per heavy atom. The number of amidine groups is 1. The van der Waals surface area contributed by atoms with Crippen LogP contribution in [-0.2, 0) is 0 Å². The van der Waals surface area contributed by atoms with Crippen LogP contribution >= 0.6 is 0 Å². The SMILES string of the molecule is Cc1cccc(Nc2cc(N(C)[C@@H]3CCCC[C@@H]3C)ncc2C(=N)N)c1. The molecule has 26 heavy (non-hydrogen) atoms. The third-order valence-corrected chi connectivity index (χ3v) is 5.40. The van der Waals surface area contributed by atoms with Gasteiger partial charge in [-0.15, -0.1) is 0 Å². The molecule has 0 aliphatic heterocycles. The van der Waals surface area contributed by atoms with E-state index in [-0.39, 0.29) is 5.84 Å². The van der Waals surface area contributed by atoms with E-state index in [1.807, 2.05) is 18.2 Å². The van der Waals surface area contributed by atoms with E-state index in [4.69, 9.17) is 11.1 Å². The standard InChI is InChI=1S/C21H29N5/c1-14-7-6-9-16(11-14)25-18-12-20(24-13-17(18)21(22)23)26(3)19-10-5-4-8-15(19)2/h6-7,9,11-13,15,19H,4-5,8,10H2,1-3H3,(H3,22,23)(H,24,25)/t15-,19+/m0/s1. The average Bonchev–Trinajstić information content (AvgIpc) is 2.61. The molecule has 1 aromatic carbocycles. The second kappa shape index (κ2) is 7.77. The van der Waals surface area contributed by atoms with Gasteiger partial charge in [-0.1, -0.05) is 31.9 Å². The fourth-order valence-electron chi connectivity index (χ4n) is 3.88. The molecule has 0 saturated heterocycles. The van der Waals surface area contributed by atoms with Crippen LogP contribution in [0.4, 0.5) is 17.2 Å². The van der Waals surface area contributed by atoms with Gasteiger partial charge in [0.2, 0.25) is 0 Å². The highest BCUT2D eigenvalue weighted by Crippen LogP contribution is 2.32. The zero-order valence-electron chi connectivity index (χ0n) is 15.9. The lowest BCUT2D eigenvalue weighted by Gasteiger charge is -2.37. The van der Waals surface area contributed by atoms with Crippen molar-refractivity contribution in [3.8, 4) is 0 Å². The van der Waals surface area contributed by atoms with E-state index >= 15 is 0 Å². The van der Waals surface area contributed by atoms with Crippen LogP contribution in [0.15, 0.2) is 36.5 Å². The van der Waals surface area contributed by atoms with Crippen LogP contribution in [0.1, 0.15) is 43.7 Å². The molecule has 0 radical (unpaired) electrons. The maximum Gasteiger partial charge on any atom is 0.130 e. The lowest BCUT2D eigenvalue weighted by Crippen LogP contribution is -2.39. The predicted octanol–water partition coefficient (Wildman–Crippen LogP) is 4.43. The van der Waals surface area contributed by atoms with Crippen LogP contribution in [0.25, 0.3) is 0 Å². The molecule has 1 saturated carbocycles. The van der Waals surface area contributed by atoms with Crippen LogP contribution < -0.4 is 16.0 Å². The van der Waals surface area contributed by atoms with E-state index in [0.717, 1.165) is 17.2 Å². The fraction of sp³-hybridized carbons (Fsp3) is 0.429. The molecule has 0 unspecified atom stereocenters. The normalized spacial score (nSPS) is 19.8. The van der Waals surface area contributed by atoms with E-state index < -0.39 is 0 Å². The number of pyridine rings is 1. The zero-order valence-corrected chi connectivity index (χ0v) is 15.9. The Bertz CT molecular complexity index is 786. The van der Waals surface area contributed by atoms with Gasteiger partial charge in [0.05, 0.1) is 11.3 Å². The maximum absolute atomic E-state index is 7.87. The fourth-order valence-corrected chi connectivity index (χ4v) is 3.88. The Hall–Kier alpha value is -2.56. The summed E-state index contributed by atoms with van der Waals surface area (Å²) in [5.74, 6) is 1.60. The topological polar surface area (TPSA) is 78.0 Å². The molecule has 2 aromatic rings. The molecular formula is C21H29N5. The minimum absolute atomic E-state index is 0.0212. The molecule has 0 bridgehead atoms. The van der Waals surface area contributed by atoms with Crippen LogP contribution in [0.5, 0.6) is 0 Å². The van der Waals surface area contributed by atoms with Crippen LogP contribution in [0.2, 0.25) is 0 Å². The van der Waals surface area contributed by atoms with E-state index in [9.17, 15) is 0 Å². The molecule has 3 rings (SSSR count). The summed E-state index contributed by atoms with van der Waals surface area (Å²) in [4.78, 5) is 6.88. The van der Waals surface area contributed by atoms with Crippen molar-refractivity contribution in [1.82, 2.24) is 4.98 Å². The van der Waals surface area contributed by atoms with Gasteiger partial charge in [-0.25, -0.2) is 4.98 Å². The summed E-state index contributed by atoms with van der Waals surface area (Å²) in [6.07, 6.45) is 6.78. The second-order valence-electron chi connectivity index (χ2n) is 7.44. The molecule has 1 aliphatic rings. The third-order valence-electron chi connectivity index (χ3n) is 5.40. The number of hydrogen-bond donors (Lipinski definition) is 3. The van der Waals surface area contributed by atoms with Crippen molar-refractivity contribution in [2.45, 2.75) is 45.6 Å². The number of rotatable bonds is 5. The van der Waals surface area contributed by atoms with Crippen molar-refractivity contribution < 1.29 is 0 Å². The maximum atomic E-state index is 7.87. The quantitative estimate of drug-likeness (QED) is 0.550. The highest BCUT2D eigenvalue weighted by atomic mass is 15.2. The summed E-state index contributed by atoms with van der Waals surface area (Å²) in [6.45, 7) is 4.39. The minimum Gasteiger partial charge on any atom is -0.384 e. The Morgan fingerprint density at radius 2 is 2.04 bits per heavy atom. The molecule has 0 amide bonds. The van der Waals surface area contributed by atoms with Gasteiger partial charge >= 0.3 is 0 Å². The molecule has 1 fully saturated rings. The molecule has 4 N–H and O–H groups in total. The van der Waals surface area contributed by atoms with Crippen molar-refractivity contribution in [2.24, 2.45) is 11.7 Å². The zero-order chi connectivity index (χ0) is 18.7. The Labute approximate surface area is 156 Å².